The van der Waals surface area contributed by atoms with Gasteiger partial charge in [-0.05, 0) is 0 Å². The molecule has 60 valence electrons. The van der Waals surface area contributed by atoms with E-state index in [2.05, 4.69) is 27.3 Å². The summed E-state index contributed by atoms with van der Waals surface area (Å²) in [5, 5.41) is 0. The van der Waals surface area contributed by atoms with Gasteiger partial charge in [-0.15, -0.1) is 0 Å². The van der Waals surface area contributed by atoms with Gasteiger partial charge >= 0.3 is 5.97 Å². The van der Waals surface area contributed by atoms with Crippen LogP contribution in [-0.4, -0.2) is 30.2 Å². The van der Waals surface area contributed by atoms with E-state index in [9.17, 15) is 4.79 Å². The summed E-state index contributed by atoms with van der Waals surface area (Å²) in [5.41, 5.74) is 0. The molecule has 0 saturated carbocycles. The Labute approximate surface area is 74.2 Å². The second kappa shape index (κ2) is 7.27. The van der Waals surface area contributed by atoms with Gasteiger partial charge in [0.05, 0.1) is 13.2 Å². The van der Waals surface area contributed by atoms with Crippen molar-refractivity contribution in [1.82, 2.24) is 0 Å². The molecule has 0 radical (unpaired) electrons. The van der Waals surface area contributed by atoms with Crippen molar-refractivity contribution in [3.8, 4) is 0 Å². The van der Waals surface area contributed by atoms with Crippen LogP contribution in [0.1, 0.15) is 6.92 Å². The monoisotopic (exact) mass is 258 g/mol. The van der Waals surface area contributed by atoms with Crippen LogP contribution in [0.25, 0.3) is 0 Å². The first-order chi connectivity index (χ1) is 4.77. The minimum absolute atomic E-state index is 0.252. The van der Waals surface area contributed by atoms with Gasteiger partial charge in [0.1, 0.15) is 6.61 Å². The number of carbonyl (C=O) groups is 1. The summed E-state index contributed by atoms with van der Waals surface area (Å²) in [5.74, 6) is -0.252. The Morgan fingerprint density at radius 2 is 2.10 bits per heavy atom. The van der Waals surface area contributed by atoms with Crippen LogP contribution in [0.2, 0.25) is 0 Å². The molecule has 10 heavy (non-hydrogen) atoms. The molecule has 0 rings (SSSR count). The van der Waals surface area contributed by atoms with Gasteiger partial charge in [0.25, 0.3) is 0 Å². The topological polar surface area (TPSA) is 35.5 Å². The summed E-state index contributed by atoms with van der Waals surface area (Å²) >= 11 is 2.22. The fourth-order valence-electron chi connectivity index (χ4n) is 0.401. The Morgan fingerprint density at radius 1 is 1.40 bits per heavy atom. The van der Waals surface area contributed by atoms with Crippen molar-refractivity contribution in [3.63, 3.8) is 0 Å². The molecule has 0 amide bonds. The number of hydrogen-bond acceptors (Lipinski definition) is 3. The number of ether oxygens (including phenoxy) is 2. The van der Waals surface area contributed by atoms with Crippen LogP contribution in [0.15, 0.2) is 0 Å². The van der Waals surface area contributed by atoms with E-state index in [0.29, 0.717) is 13.2 Å². The Kier molecular flexibility index (Phi) is 7.39. The summed E-state index contributed by atoms with van der Waals surface area (Å²) in [7, 11) is 0. The van der Waals surface area contributed by atoms with E-state index in [4.69, 9.17) is 4.74 Å². The molecule has 0 bridgehead atoms. The predicted molar refractivity (Wildman–Crippen MR) is 46.3 cm³/mol. The molecule has 0 aliphatic rings. The zero-order valence-electron chi connectivity index (χ0n) is 5.93. The van der Waals surface area contributed by atoms with Gasteiger partial charge in [-0.25, -0.2) is 0 Å². The highest BCUT2D eigenvalue weighted by Crippen LogP contribution is 1.83. The van der Waals surface area contributed by atoms with Gasteiger partial charge in [0.15, 0.2) is 0 Å². The molecule has 0 spiro atoms. The molecule has 0 fully saturated rings. The van der Waals surface area contributed by atoms with Gasteiger partial charge in [0, 0.05) is 11.4 Å². The largest absolute Gasteiger partial charge is 0.463 e. The number of carbonyl (C=O) groups excluding carboxylic acids is 1. The zero-order chi connectivity index (χ0) is 7.82. The van der Waals surface area contributed by atoms with Crippen LogP contribution < -0.4 is 0 Å². The summed E-state index contributed by atoms with van der Waals surface area (Å²) in [6, 6.07) is 0. The normalized spacial score (nSPS) is 9.40. The average Bonchev–Trinajstić information content (AvgIpc) is 1.87. The summed E-state index contributed by atoms with van der Waals surface area (Å²) in [6.07, 6.45) is 0. The smallest absolute Gasteiger partial charge is 0.302 e. The van der Waals surface area contributed by atoms with E-state index in [1.165, 1.54) is 6.92 Å². The minimum atomic E-state index is -0.252. The number of alkyl halides is 1. The van der Waals surface area contributed by atoms with Crippen LogP contribution in [0.4, 0.5) is 0 Å². The lowest BCUT2D eigenvalue weighted by Crippen LogP contribution is -2.08. The van der Waals surface area contributed by atoms with E-state index in [1.54, 1.807) is 0 Å². The molecular formula is C6H11IO3. The average molecular weight is 258 g/mol. The number of esters is 1. The molecule has 0 aliphatic carbocycles. The molecule has 0 aromatic rings. The van der Waals surface area contributed by atoms with Crippen molar-refractivity contribution in [3.05, 3.63) is 0 Å². The lowest BCUT2D eigenvalue weighted by Gasteiger charge is -2.01. The second-order valence-corrected chi connectivity index (χ2v) is 2.72. The molecule has 3 nitrogen and oxygen atoms in total. The first kappa shape index (κ1) is 10.2. The van der Waals surface area contributed by atoms with Crippen molar-refractivity contribution in [1.29, 1.82) is 0 Å². The van der Waals surface area contributed by atoms with Gasteiger partial charge < -0.3 is 9.47 Å². The lowest BCUT2D eigenvalue weighted by atomic mass is 10.7. The van der Waals surface area contributed by atoms with Crippen molar-refractivity contribution in [2.75, 3.05) is 24.2 Å². The molecule has 0 aliphatic heterocycles. The molecule has 4 heteroatoms. The molecular weight excluding hydrogens is 247 g/mol. The summed E-state index contributed by atoms with van der Waals surface area (Å²) < 4.78 is 10.6. The summed E-state index contributed by atoms with van der Waals surface area (Å²) in [6.45, 7) is 2.98. The van der Waals surface area contributed by atoms with Crippen LogP contribution in [-0.2, 0) is 14.3 Å². The Morgan fingerprint density at radius 3 is 2.60 bits per heavy atom. The van der Waals surface area contributed by atoms with Crippen LogP contribution >= 0.6 is 22.6 Å². The second-order valence-electron chi connectivity index (χ2n) is 1.64. The number of halogens is 1. The van der Waals surface area contributed by atoms with Crippen molar-refractivity contribution < 1.29 is 14.3 Å². The molecule has 0 aromatic heterocycles. The summed E-state index contributed by atoms with van der Waals surface area (Å²) in [4.78, 5) is 10.2. The maximum Gasteiger partial charge on any atom is 0.302 e. The quantitative estimate of drug-likeness (QED) is 0.319. The van der Waals surface area contributed by atoms with Crippen LogP contribution in [0.5, 0.6) is 0 Å². The standard InChI is InChI=1S/C6H11IO3/c1-6(8)10-5-4-9-3-2-7/h2-5H2,1H3. The van der Waals surface area contributed by atoms with Crippen molar-refractivity contribution in [2.45, 2.75) is 6.92 Å². The third-order valence-corrected chi connectivity index (χ3v) is 1.19. The van der Waals surface area contributed by atoms with Gasteiger partial charge in [-0.1, -0.05) is 22.6 Å². The Hall–Kier alpha value is 0.160. The van der Waals surface area contributed by atoms with E-state index in [1.807, 2.05) is 0 Å². The highest BCUT2D eigenvalue weighted by Gasteiger charge is 1.90. The van der Waals surface area contributed by atoms with Crippen LogP contribution in [0.3, 0.4) is 0 Å². The maximum atomic E-state index is 10.2. The van der Waals surface area contributed by atoms with Crippen LogP contribution in [0, 0.1) is 0 Å². The van der Waals surface area contributed by atoms with E-state index in [-0.39, 0.29) is 5.97 Å². The molecule has 0 atom stereocenters. The molecule has 0 heterocycles. The number of rotatable bonds is 5. The highest BCUT2D eigenvalue weighted by atomic mass is 127. The van der Waals surface area contributed by atoms with Crippen molar-refractivity contribution in [2.24, 2.45) is 0 Å². The first-order valence-electron chi connectivity index (χ1n) is 3.04. The minimum Gasteiger partial charge on any atom is -0.463 e. The SMILES string of the molecule is CC(=O)OCCOCCI. The zero-order valence-corrected chi connectivity index (χ0v) is 8.09. The van der Waals surface area contributed by atoms with E-state index in [0.717, 1.165) is 11.0 Å². The molecule has 0 unspecified atom stereocenters. The maximum absolute atomic E-state index is 10.2. The lowest BCUT2D eigenvalue weighted by molar-refractivity contribution is -0.142. The Balaban J connectivity index is 2.84. The van der Waals surface area contributed by atoms with Gasteiger partial charge in [0.2, 0.25) is 0 Å². The molecule has 0 aromatic carbocycles. The Bertz CT molecular complexity index is 95.0. The fourth-order valence-corrected chi connectivity index (χ4v) is 0.712. The van der Waals surface area contributed by atoms with Crippen molar-refractivity contribution >= 4 is 28.6 Å². The number of hydrogen-bond donors (Lipinski definition) is 0. The van der Waals surface area contributed by atoms with Gasteiger partial charge in [-0.3, -0.25) is 4.79 Å². The predicted octanol–water partition coefficient (Wildman–Crippen LogP) is 1.00. The van der Waals surface area contributed by atoms with E-state index < -0.39 is 0 Å². The fraction of sp³-hybridized carbons (Fsp3) is 0.833. The third kappa shape index (κ3) is 8.16. The molecule has 0 saturated heterocycles. The van der Waals surface area contributed by atoms with E-state index >= 15 is 0 Å². The first-order valence-corrected chi connectivity index (χ1v) is 4.57. The third-order valence-electron chi connectivity index (χ3n) is 0.754. The molecule has 0 N–H and O–H groups in total. The van der Waals surface area contributed by atoms with Gasteiger partial charge in [-0.2, -0.15) is 0 Å². The highest BCUT2D eigenvalue weighted by molar-refractivity contribution is 14.1.